The van der Waals surface area contributed by atoms with Gasteiger partial charge < -0.3 is 9.80 Å². The van der Waals surface area contributed by atoms with Gasteiger partial charge in [0.25, 0.3) is 0 Å². The zero-order valence-corrected chi connectivity index (χ0v) is 11.5. The minimum Gasteiger partial charge on any atom is -0.370 e. The van der Waals surface area contributed by atoms with Crippen LogP contribution in [0.3, 0.4) is 0 Å². The van der Waals surface area contributed by atoms with Crippen molar-refractivity contribution < 1.29 is 0 Å². The Bertz CT molecular complexity index is 563. The maximum atomic E-state index is 2.61. The van der Waals surface area contributed by atoms with E-state index in [1.165, 1.54) is 42.0 Å². The molecule has 2 nitrogen and oxygen atoms in total. The van der Waals surface area contributed by atoms with E-state index in [2.05, 4.69) is 46.5 Å². The number of thiophene rings is 1. The average Bonchev–Trinajstić information content (AvgIpc) is 3.00. The Morgan fingerprint density at radius 2 is 1.83 bits per heavy atom. The van der Waals surface area contributed by atoms with Gasteiger partial charge in [-0.15, -0.1) is 11.3 Å². The van der Waals surface area contributed by atoms with Crippen LogP contribution in [0.1, 0.15) is 0 Å². The molecule has 2 aliphatic rings. The Hall–Kier alpha value is -1.06. The lowest BCUT2D eigenvalue weighted by Gasteiger charge is -2.22. The number of benzene rings is 1. The Labute approximate surface area is 112 Å². The summed E-state index contributed by atoms with van der Waals surface area (Å²) in [7, 11) is 2.25. The Morgan fingerprint density at radius 3 is 2.61 bits per heavy atom. The third-order valence-corrected chi connectivity index (χ3v) is 5.36. The first-order valence-corrected chi connectivity index (χ1v) is 7.59. The first kappa shape index (κ1) is 10.8. The average molecular weight is 258 g/mol. The van der Waals surface area contributed by atoms with Gasteiger partial charge >= 0.3 is 0 Å². The lowest BCUT2D eigenvalue weighted by molar-refractivity contribution is 0.387. The summed E-state index contributed by atoms with van der Waals surface area (Å²) in [4.78, 5) is 5.09. The predicted molar refractivity (Wildman–Crippen MR) is 78.5 cm³/mol. The van der Waals surface area contributed by atoms with Crippen LogP contribution in [0.2, 0.25) is 0 Å². The van der Waals surface area contributed by atoms with Crippen molar-refractivity contribution in [2.75, 3.05) is 38.1 Å². The number of hydrogen-bond donors (Lipinski definition) is 0. The van der Waals surface area contributed by atoms with Crippen LogP contribution in [0.15, 0.2) is 29.6 Å². The molecule has 94 valence electrons. The van der Waals surface area contributed by atoms with Crippen LogP contribution >= 0.6 is 11.3 Å². The van der Waals surface area contributed by atoms with Crippen LogP contribution in [0.4, 0.5) is 5.69 Å². The van der Waals surface area contributed by atoms with Crippen LogP contribution in [0, 0.1) is 11.8 Å². The largest absolute Gasteiger partial charge is 0.370 e. The van der Waals surface area contributed by atoms with Gasteiger partial charge in [0.15, 0.2) is 0 Å². The van der Waals surface area contributed by atoms with Crippen molar-refractivity contribution in [3.8, 4) is 0 Å². The highest BCUT2D eigenvalue weighted by molar-refractivity contribution is 7.17. The highest BCUT2D eigenvalue weighted by atomic mass is 32.1. The van der Waals surface area contributed by atoms with Crippen molar-refractivity contribution in [3.05, 3.63) is 29.6 Å². The molecule has 2 aromatic rings. The zero-order valence-electron chi connectivity index (χ0n) is 10.7. The van der Waals surface area contributed by atoms with Gasteiger partial charge in [-0.2, -0.15) is 0 Å². The predicted octanol–water partition coefficient (Wildman–Crippen LogP) is 2.90. The van der Waals surface area contributed by atoms with Crippen molar-refractivity contribution in [3.63, 3.8) is 0 Å². The molecule has 2 unspecified atom stereocenters. The summed E-state index contributed by atoms with van der Waals surface area (Å²) in [6, 6.07) is 9.00. The van der Waals surface area contributed by atoms with Crippen LogP contribution in [0.25, 0.3) is 10.1 Å². The van der Waals surface area contributed by atoms with Gasteiger partial charge in [-0.1, -0.05) is 6.07 Å². The van der Waals surface area contributed by atoms with Crippen molar-refractivity contribution >= 4 is 27.1 Å². The van der Waals surface area contributed by atoms with E-state index in [1.807, 2.05) is 11.3 Å². The van der Waals surface area contributed by atoms with Gasteiger partial charge in [0.2, 0.25) is 0 Å². The smallest absolute Gasteiger partial charge is 0.0454 e. The van der Waals surface area contributed by atoms with E-state index in [-0.39, 0.29) is 0 Å². The molecule has 18 heavy (non-hydrogen) atoms. The number of hydrogen-bond acceptors (Lipinski definition) is 3. The van der Waals surface area contributed by atoms with Gasteiger partial charge in [0.05, 0.1) is 0 Å². The second kappa shape index (κ2) is 3.97. The monoisotopic (exact) mass is 258 g/mol. The number of likely N-dealkylation sites (tertiary alicyclic amines) is 1. The first-order valence-electron chi connectivity index (χ1n) is 6.71. The van der Waals surface area contributed by atoms with E-state index in [0.29, 0.717) is 0 Å². The molecule has 0 radical (unpaired) electrons. The van der Waals surface area contributed by atoms with Crippen LogP contribution in [-0.4, -0.2) is 38.1 Å². The fourth-order valence-electron chi connectivity index (χ4n) is 3.68. The fraction of sp³-hybridized carbons (Fsp3) is 0.467. The third-order valence-electron chi connectivity index (χ3n) is 4.48. The van der Waals surface area contributed by atoms with Gasteiger partial charge in [-0.25, -0.2) is 0 Å². The summed E-state index contributed by atoms with van der Waals surface area (Å²) in [6.45, 7) is 5.04. The molecule has 0 N–H and O–H groups in total. The fourth-order valence-corrected chi connectivity index (χ4v) is 4.49. The van der Waals surface area contributed by atoms with Crippen molar-refractivity contribution in [2.24, 2.45) is 11.8 Å². The van der Waals surface area contributed by atoms with Crippen molar-refractivity contribution in [1.82, 2.24) is 4.90 Å². The maximum absolute atomic E-state index is 2.61. The molecule has 0 aliphatic carbocycles. The molecule has 2 fully saturated rings. The molecule has 3 heterocycles. The Kier molecular flexibility index (Phi) is 2.39. The molecule has 4 rings (SSSR count). The third kappa shape index (κ3) is 1.57. The molecule has 0 spiro atoms. The summed E-state index contributed by atoms with van der Waals surface area (Å²) in [6.07, 6.45) is 0. The van der Waals surface area contributed by atoms with Crippen LogP contribution < -0.4 is 4.90 Å². The first-order chi connectivity index (χ1) is 8.81. The quantitative estimate of drug-likeness (QED) is 0.776. The normalized spacial score (nSPS) is 28.2. The standard InChI is InChI=1S/C15H18N2S/c1-16-7-11-9-17(10-12(11)8-16)14-3-2-4-15-13(14)5-6-18-15/h2-6,11-12H,7-10H2,1H3. The van der Waals surface area contributed by atoms with E-state index in [1.54, 1.807) is 0 Å². The number of fused-ring (bicyclic) bond motifs is 2. The summed E-state index contributed by atoms with van der Waals surface area (Å²) < 4.78 is 1.42. The van der Waals surface area contributed by atoms with E-state index >= 15 is 0 Å². The highest BCUT2D eigenvalue weighted by Crippen LogP contribution is 2.37. The number of rotatable bonds is 1. The van der Waals surface area contributed by atoms with Crippen LogP contribution in [-0.2, 0) is 0 Å². The summed E-state index contributed by atoms with van der Waals surface area (Å²) in [5.74, 6) is 1.76. The van der Waals surface area contributed by atoms with Crippen LogP contribution in [0.5, 0.6) is 0 Å². The summed E-state index contributed by atoms with van der Waals surface area (Å²) in [5, 5.41) is 3.65. The van der Waals surface area contributed by atoms with E-state index in [4.69, 9.17) is 0 Å². The molecule has 0 amide bonds. The molecule has 0 saturated carbocycles. The molecule has 3 heteroatoms. The van der Waals surface area contributed by atoms with E-state index < -0.39 is 0 Å². The van der Waals surface area contributed by atoms with Crippen molar-refractivity contribution in [1.29, 1.82) is 0 Å². The molecular formula is C15H18N2S. The van der Waals surface area contributed by atoms with Crippen molar-refractivity contribution in [2.45, 2.75) is 0 Å². The maximum Gasteiger partial charge on any atom is 0.0454 e. The lowest BCUT2D eigenvalue weighted by Crippen LogP contribution is -2.26. The lowest BCUT2D eigenvalue weighted by atomic mass is 10.0. The molecule has 0 bridgehead atoms. The van der Waals surface area contributed by atoms with E-state index in [9.17, 15) is 0 Å². The topological polar surface area (TPSA) is 6.48 Å². The van der Waals surface area contributed by atoms with E-state index in [0.717, 1.165) is 11.8 Å². The zero-order chi connectivity index (χ0) is 12.1. The van der Waals surface area contributed by atoms with Gasteiger partial charge in [-0.3, -0.25) is 0 Å². The molecular weight excluding hydrogens is 240 g/mol. The minimum atomic E-state index is 0.879. The molecule has 1 aromatic heterocycles. The molecule has 2 atom stereocenters. The minimum absolute atomic E-state index is 0.879. The summed E-state index contributed by atoms with van der Waals surface area (Å²) in [5.41, 5.74) is 1.45. The Morgan fingerprint density at radius 1 is 1.06 bits per heavy atom. The van der Waals surface area contributed by atoms with Gasteiger partial charge in [-0.05, 0) is 42.5 Å². The number of nitrogens with zero attached hydrogens (tertiary/aromatic N) is 2. The second-order valence-electron chi connectivity index (χ2n) is 5.76. The second-order valence-corrected chi connectivity index (χ2v) is 6.70. The summed E-state index contributed by atoms with van der Waals surface area (Å²) >= 11 is 1.85. The molecule has 2 aliphatic heterocycles. The SMILES string of the molecule is CN1CC2CN(c3cccc4sccc34)CC2C1. The number of anilines is 1. The molecule has 1 aromatic carbocycles. The Balaban J connectivity index is 1.67. The highest BCUT2D eigenvalue weighted by Gasteiger charge is 2.38. The van der Waals surface area contributed by atoms with Gasteiger partial charge in [0.1, 0.15) is 0 Å². The van der Waals surface area contributed by atoms with Gasteiger partial charge in [0, 0.05) is 42.0 Å². The molecule has 2 saturated heterocycles.